The first-order chi connectivity index (χ1) is 9.13. The molecular formula is C17H22N2. The van der Waals surface area contributed by atoms with Crippen molar-refractivity contribution in [3.8, 4) is 0 Å². The van der Waals surface area contributed by atoms with Gasteiger partial charge in [-0.2, -0.15) is 0 Å². The van der Waals surface area contributed by atoms with Crippen molar-refractivity contribution in [3.05, 3.63) is 59.2 Å². The maximum absolute atomic E-state index is 5.99. The van der Waals surface area contributed by atoms with Crippen molar-refractivity contribution in [3.63, 3.8) is 0 Å². The van der Waals surface area contributed by atoms with E-state index in [1.807, 2.05) is 12.1 Å². The number of anilines is 2. The number of rotatable bonds is 4. The Hall–Kier alpha value is -1.96. The second kappa shape index (κ2) is 5.79. The zero-order valence-electron chi connectivity index (χ0n) is 12.0. The van der Waals surface area contributed by atoms with Gasteiger partial charge in [-0.25, -0.2) is 0 Å². The smallest absolute Gasteiger partial charge is 0.0432 e. The molecule has 0 unspecified atom stereocenters. The van der Waals surface area contributed by atoms with Gasteiger partial charge < -0.3 is 10.6 Å². The summed E-state index contributed by atoms with van der Waals surface area (Å²) in [5.41, 5.74) is 12.0. The highest BCUT2D eigenvalue weighted by Crippen LogP contribution is 2.24. The lowest BCUT2D eigenvalue weighted by Gasteiger charge is -2.26. The summed E-state index contributed by atoms with van der Waals surface area (Å²) in [7, 11) is 0. The molecule has 0 saturated heterocycles. The molecule has 0 heterocycles. The number of hydrogen-bond acceptors (Lipinski definition) is 2. The van der Waals surface area contributed by atoms with Crippen LogP contribution in [0.3, 0.4) is 0 Å². The van der Waals surface area contributed by atoms with Gasteiger partial charge in [-0.05, 0) is 49.6 Å². The van der Waals surface area contributed by atoms with Crippen LogP contribution in [0.2, 0.25) is 0 Å². The van der Waals surface area contributed by atoms with Crippen LogP contribution in [0.25, 0.3) is 0 Å². The van der Waals surface area contributed by atoms with E-state index in [9.17, 15) is 0 Å². The Morgan fingerprint density at radius 2 is 1.74 bits per heavy atom. The zero-order valence-corrected chi connectivity index (χ0v) is 12.0. The summed E-state index contributed by atoms with van der Waals surface area (Å²) in [6.07, 6.45) is 0. The van der Waals surface area contributed by atoms with Gasteiger partial charge in [-0.3, -0.25) is 0 Å². The Labute approximate surface area is 115 Å². The van der Waals surface area contributed by atoms with Crippen molar-refractivity contribution in [2.75, 3.05) is 17.2 Å². The number of nitrogen functional groups attached to an aromatic ring is 1. The molecule has 100 valence electrons. The van der Waals surface area contributed by atoms with Crippen LogP contribution in [0, 0.1) is 13.8 Å². The summed E-state index contributed by atoms with van der Waals surface area (Å²) >= 11 is 0. The van der Waals surface area contributed by atoms with E-state index in [0.717, 1.165) is 18.8 Å². The SMILES string of the molecule is CCN(Cc1cccc(N)c1C)c1ccccc1C. The predicted molar refractivity (Wildman–Crippen MR) is 83.5 cm³/mol. The van der Waals surface area contributed by atoms with Gasteiger partial charge in [-0.15, -0.1) is 0 Å². The summed E-state index contributed by atoms with van der Waals surface area (Å²) in [5.74, 6) is 0. The molecule has 0 spiro atoms. The van der Waals surface area contributed by atoms with Crippen LogP contribution in [0.1, 0.15) is 23.6 Å². The maximum atomic E-state index is 5.99. The van der Waals surface area contributed by atoms with Gasteiger partial charge in [0.25, 0.3) is 0 Å². The second-order valence-electron chi connectivity index (χ2n) is 4.93. The third-order valence-electron chi connectivity index (χ3n) is 3.69. The molecule has 0 saturated carbocycles. The molecule has 0 atom stereocenters. The van der Waals surface area contributed by atoms with Crippen molar-refractivity contribution in [1.82, 2.24) is 0 Å². The van der Waals surface area contributed by atoms with Crippen LogP contribution in [0.4, 0.5) is 11.4 Å². The van der Waals surface area contributed by atoms with Crippen molar-refractivity contribution >= 4 is 11.4 Å². The number of benzene rings is 2. The largest absolute Gasteiger partial charge is 0.399 e. The number of para-hydroxylation sites is 1. The first-order valence-electron chi connectivity index (χ1n) is 6.78. The summed E-state index contributed by atoms with van der Waals surface area (Å²) in [6, 6.07) is 14.7. The minimum Gasteiger partial charge on any atom is -0.399 e. The van der Waals surface area contributed by atoms with Crippen molar-refractivity contribution < 1.29 is 0 Å². The Morgan fingerprint density at radius 1 is 1.00 bits per heavy atom. The normalized spacial score (nSPS) is 10.5. The fraction of sp³-hybridized carbons (Fsp3) is 0.294. The van der Waals surface area contributed by atoms with Crippen molar-refractivity contribution in [2.24, 2.45) is 0 Å². The Bertz CT molecular complexity index is 561. The van der Waals surface area contributed by atoms with Crippen LogP contribution in [0.5, 0.6) is 0 Å². The monoisotopic (exact) mass is 254 g/mol. The molecular weight excluding hydrogens is 232 g/mol. The van der Waals surface area contributed by atoms with Crippen molar-refractivity contribution in [2.45, 2.75) is 27.3 Å². The molecule has 0 amide bonds. The van der Waals surface area contributed by atoms with Gasteiger partial charge in [0.05, 0.1) is 0 Å². The first-order valence-corrected chi connectivity index (χ1v) is 6.78. The van der Waals surface area contributed by atoms with Gasteiger partial charge in [0, 0.05) is 24.5 Å². The van der Waals surface area contributed by atoms with E-state index in [1.54, 1.807) is 0 Å². The number of hydrogen-bond donors (Lipinski definition) is 1. The van der Waals surface area contributed by atoms with Gasteiger partial charge in [0.1, 0.15) is 0 Å². The highest BCUT2D eigenvalue weighted by molar-refractivity contribution is 5.55. The zero-order chi connectivity index (χ0) is 13.8. The molecule has 19 heavy (non-hydrogen) atoms. The van der Waals surface area contributed by atoms with E-state index in [2.05, 4.69) is 56.0 Å². The molecule has 0 aliphatic rings. The number of aryl methyl sites for hydroxylation is 1. The molecule has 2 nitrogen and oxygen atoms in total. The average Bonchev–Trinajstić information content (AvgIpc) is 2.41. The summed E-state index contributed by atoms with van der Waals surface area (Å²) in [4.78, 5) is 2.39. The maximum Gasteiger partial charge on any atom is 0.0432 e. The van der Waals surface area contributed by atoms with Crippen LogP contribution >= 0.6 is 0 Å². The highest BCUT2D eigenvalue weighted by Gasteiger charge is 2.09. The van der Waals surface area contributed by atoms with E-state index in [4.69, 9.17) is 5.73 Å². The Morgan fingerprint density at radius 3 is 2.42 bits per heavy atom. The first kappa shape index (κ1) is 13.5. The quantitative estimate of drug-likeness (QED) is 0.838. The molecule has 2 aromatic rings. The topological polar surface area (TPSA) is 29.3 Å². The summed E-state index contributed by atoms with van der Waals surface area (Å²) < 4.78 is 0. The summed E-state index contributed by atoms with van der Waals surface area (Å²) in [5, 5.41) is 0. The number of nitrogens with two attached hydrogens (primary N) is 1. The van der Waals surface area contributed by atoms with E-state index in [1.165, 1.54) is 22.4 Å². The molecule has 2 aromatic carbocycles. The molecule has 0 radical (unpaired) electrons. The Balaban J connectivity index is 2.30. The fourth-order valence-corrected chi connectivity index (χ4v) is 2.37. The van der Waals surface area contributed by atoms with Gasteiger partial charge >= 0.3 is 0 Å². The highest BCUT2D eigenvalue weighted by atomic mass is 15.1. The molecule has 0 aliphatic heterocycles. The minimum absolute atomic E-state index is 0.873. The lowest BCUT2D eigenvalue weighted by Crippen LogP contribution is -2.23. The second-order valence-corrected chi connectivity index (χ2v) is 4.93. The molecule has 2 rings (SSSR count). The van der Waals surface area contributed by atoms with Crippen LogP contribution in [-0.4, -0.2) is 6.54 Å². The third kappa shape index (κ3) is 2.90. The van der Waals surface area contributed by atoms with Gasteiger partial charge in [0.2, 0.25) is 0 Å². The molecule has 2 heteroatoms. The minimum atomic E-state index is 0.873. The van der Waals surface area contributed by atoms with Crippen LogP contribution in [-0.2, 0) is 6.54 Å². The van der Waals surface area contributed by atoms with E-state index >= 15 is 0 Å². The average molecular weight is 254 g/mol. The Kier molecular flexibility index (Phi) is 4.10. The van der Waals surface area contributed by atoms with E-state index < -0.39 is 0 Å². The van der Waals surface area contributed by atoms with E-state index in [0.29, 0.717) is 0 Å². The molecule has 0 bridgehead atoms. The molecule has 0 aromatic heterocycles. The predicted octanol–water partition coefficient (Wildman–Crippen LogP) is 3.91. The fourth-order valence-electron chi connectivity index (χ4n) is 2.37. The van der Waals surface area contributed by atoms with Gasteiger partial charge in [0.15, 0.2) is 0 Å². The lowest BCUT2D eigenvalue weighted by atomic mass is 10.1. The third-order valence-corrected chi connectivity index (χ3v) is 3.69. The lowest BCUT2D eigenvalue weighted by molar-refractivity contribution is 0.824. The summed E-state index contributed by atoms with van der Waals surface area (Å²) in [6.45, 7) is 8.33. The number of nitrogens with zero attached hydrogens (tertiary/aromatic N) is 1. The molecule has 0 aliphatic carbocycles. The molecule has 2 N–H and O–H groups in total. The standard InChI is InChI=1S/C17H22N2/c1-4-19(17-11-6-5-8-13(17)2)12-15-9-7-10-16(18)14(15)3/h5-11H,4,12,18H2,1-3H3. The van der Waals surface area contributed by atoms with E-state index in [-0.39, 0.29) is 0 Å². The van der Waals surface area contributed by atoms with Crippen LogP contribution < -0.4 is 10.6 Å². The van der Waals surface area contributed by atoms with Crippen LogP contribution in [0.15, 0.2) is 42.5 Å². The molecule has 0 fully saturated rings. The van der Waals surface area contributed by atoms with Crippen molar-refractivity contribution in [1.29, 1.82) is 0 Å². The van der Waals surface area contributed by atoms with Gasteiger partial charge in [-0.1, -0.05) is 30.3 Å².